The number of amides is 3. The lowest BCUT2D eigenvalue weighted by Gasteiger charge is -2.16. The Bertz CT molecular complexity index is 1210. The predicted molar refractivity (Wildman–Crippen MR) is 119 cm³/mol. The molecule has 0 radical (unpaired) electrons. The van der Waals surface area contributed by atoms with Crippen molar-refractivity contribution >= 4 is 57.6 Å². The zero-order valence-corrected chi connectivity index (χ0v) is 17.2. The van der Waals surface area contributed by atoms with Crippen LogP contribution in [-0.4, -0.2) is 40.1 Å². The van der Waals surface area contributed by atoms with Crippen LogP contribution < -0.4 is 16.0 Å². The number of nitrogens with one attached hydrogen (secondary N) is 3. The van der Waals surface area contributed by atoms with E-state index in [2.05, 4.69) is 16.0 Å². The number of fused-ring (bicyclic) bond motifs is 1. The molecule has 0 aliphatic rings. The average molecular weight is 456 g/mol. The van der Waals surface area contributed by atoms with Gasteiger partial charge in [-0.05, 0) is 35.0 Å². The topological polar surface area (TPSA) is 145 Å². The van der Waals surface area contributed by atoms with E-state index in [0.717, 1.165) is 5.39 Å². The predicted octanol–water partition coefficient (Wildman–Crippen LogP) is 3.79. The molecule has 3 amide bonds. The molecular weight excluding hydrogens is 438 g/mol. The molecule has 0 aliphatic carbocycles. The summed E-state index contributed by atoms with van der Waals surface area (Å²) < 4.78 is 0. The van der Waals surface area contributed by atoms with E-state index < -0.39 is 36.3 Å². The summed E-state index contributed by atoms with van der Waals surface area (Å²) in [6.07, 6.45) is -0.801. The van der Waals surface area contributed by atoms with Gasteiger partial charge in [-0.15, -0.1) is 0 Å². The Morgan fingerprint density at radius 1 is 0.844 bits per heavy atom. The molecule has 164 valence electrons. The molecule has 3 aromatic carbocycles. The lowest BCUT2D eigenvalue weighted by Crippen LogP contribution is -2.42. The van der Waals surface area contributed by atoms with Crippen molar-refractivity contribution in [3.05, 3.63) is 71.2 Å². The molecule has 5 N–H and O–H groups in total. The molecule has 0 aromatic heterocycles. The van der Waals surface area contributed by atoms with Gasteiger partial charge in [0.1, 0.15) is 6.04 Å². The maximum atomic E-state index is 12.8. The minimum absolute atomic E-state index is 0.0327. The number of hydrogen-bond acceptors (Lipinski definition) is 4. The maximum absolute atomic E-state index is 12.8. The molecule has 0 bridgehead atoms. The van der Waals surface area contributed by atoms with E-state index in [1.165, 1.54) is 6.07 Å². The molecular formula is C22H18ClN3O6. The highest BCUT2D eigenvalue weighted by Crippen LogP contribution is 2.26. The molecule has 0 spiro atoms. The van der Waals surface area contributed by atoms with Crippen molar-refractivity contribution in [2.45, 2.75) is 12.5 Å². The smallest absolute Gasteiger partial charge is 0.326 e. The first-order valence-corrected chi connectivity index (χ1v) is 9.73. The SMILES string of the molecule is O=C(O)C[C@H](NC(=O)c1cc2ccccc2cc1NC(=O)Nc1ccccc1Cl)C(=O)O. The first kappa shape index (κ1) is 22.6. The first-order valence-electron chi connectivity index (χ1n) is 9.35. The monoisotopic (exact) mass is 455 g/mol. The van der Waals surface area contributed by atoms with Gasteiger partial charge in [0.15, 0.2) is 0 Å². The molecule has 0 fully saturated rings. The van der Waals surface area contributed by atoms with Crippen LogP contribution in [-0.2, 0) is 9.59 Å². The van der Waals surface area contributed by atoms with Gasteiger partial charge in [-0.2, -0.15) is 0 Å². The van der Waals surface area contributed by atoms with Crippen LogP contribution in [0.4, 0.5) is 16.2 Å². The van der Waals surface area contributed by atoms with Crippen LogP contribution in [0.15, 0.2) is 60.7 Å². The molecule has 10 heteroatoms. The molecule has 1 atom stereocenters. The number of anilines is 2. The molecule has 3 aromatic rings. The van der Waals surface area contributed by atoms with Gasteiger partial charge >= 0.3 is 18.0 Å². The normalized spacial score (nSPS) is 11.4. The Hall–Kier alpha value is -4.11. The third-order valence-corrected chi connectivity index (χ3v) is 4.81. The number of para-hydroxylation sites is 1. The van der Waals surface area contributed by atoms with Crippen LogP contribution in [0, 0.1) is 0 Å². The fraction of sp³-hybridized carbons (Fsp3) is 0.0909. The fourth-order valence-corrected chi connectivity index (χ4v) is 3.16. The van der Waals surface area contributed by atoms with Gasteiger partial charge in [0.2, 0.25) is 0 Å². The second kappa shape index (κ2) is 9.80. The van der Waals surface area contributed by atoms with Crippen molar-refractivity contribution in [2.24, 2.45) is 0 Å². The molecule has 0 saturated carbocycles. The molecule has 0 unspecified atom stereocenters. The Morgan fingerprint density at radius 3 is 2.06 bits per heavy atom. The van der Waals surface area contributed by atoms with Crippen LogP contribution in [0.1, 0.15) is 16.8 Å². The van der Waals surface area contributed by atoms with Crippen molar-refractivity contribution in [3.63, 3.8) is 0 Å². The van der Waals surface area contributed by atoms with E-state index >= 15 is 0 Å². The number of aliphatic carboxylic acids is 2. The van der Waals surface area contributed by atoms with E-state index in [1.807, 2.05) is 0 Å². The highest BCUT2D eigenvalue weighted by Gasteiger charge is 2.25. The lowest BCUT2D eigenvalue weighted by atomic mass is 10.0. The summed E-state index contributed by atoms with van der Waals surface area (Å²) in [6, 6.07) is 14.4. The largest absolute Gasteiger partial charge is 0.481 e. The molecule has 3 rings (SSSR count). The first-order chi connectivity index (χ1) is 15.2. The number of benzene rings is 3. The van der Waals surface area contributed by atoms with Gasteiger partial charge in [0.25, 0.3) is 5.91 Å². The van der Waals surface area contributed by atoms with E-state index in [4.69, 9.17) is 16.7 Å². The Kier molecular flexibility index (Phi) is 6.91. The lowest BCUT2D eigenvalue weighted by molar-refractivity contribution is -0.145. The van der Waals surface area contributed by atoms with Gasteiger partial charge in [0, 0.05) is 0 Å². The number of urea groups is 1. The minimum Gasteiger partial charge on any atom is -0.481 e. The zero-order chi connectivity index (χ0) is 23.3. The summed E-state index contributed by atoms with van der Waals surface area (Å²) in [6.45, 7) is 0. The number of carbonyl (C=O) groups excluding carboxylic acids is 2. The third kappa shape index (κ3) is 5.52. The van der Waals surface area contributed by atoms with E-state index in [-0.39, 0.29) is 11.3 Å². The highest BCUT2D eigenvalue weighted by molar-refractivity contribution is 6.33. The van der Waals surface area contributed by atoms with Gasteiger partial charge in [-0.3, -0.25) is 9.59 Å². The molecule has 32 heavy (non-hydrogen) atoms. The van der Waals surface area contributed by atoms with Crippen LogP contribution in [0.25, 0.3) is 10.8 Å². The Morgan fingerprint density at radius 2 is 1.44 bits per heavy atom. The summed E-state index contributed by atoms with van der Waals surface area (Å²) >= 11 is 6.05. The number of carboxylic acid groups (broad SMARTS) is 2. The molecule has 9 nitrogen and oxygen atoms in total. The van der Waals surface area contributed by atoms with Crippen molar-refractivity contribution in [1.82, 2.24) is 5.32 Å². The summed E-state index contributed by atoms with van der Waals surface area (Å²) in [5.41, 5.74) is 0.422. The van der Waals surface area contributed by atoms with Gasteiger partial charge in [-0.25, -0.2) is 9.59 Å². The number of carboxylic acids is 2. The standard InChI is InChI=1S/C22H18ClN3O6/c23-15-7-3-4-8-16(15)25-22(32)26-17-10-13-6-2-1-5-12(13)9-14(17)20(29)24-18(21(30)31)11-19(27)28/h1-10,18H,11H2,(H,24,29)(H,27,28)(H,30,31)(H2,25,26,32)/t18-/m0/s1. The second-order valence-corrected chi connectivity index (χ2v) is 7.17. The number of rotatable bonds is 7. The van der Waals surface area contributed by atoms with Crippen LogP contribution in [0.2, 0.25) is 5.02 Å². The average Bonchev–Trinajstić information content (AvgIpc) is 2.74. The van der Waals surface area contributed by atoms with Crippen molar-refractivity contribution in [1.29, 1.82) is 0 Å². The second-order valence-electron chi connectivity index (χ2n) is 6.77. The zero-order valence-electron chi connectivity index (χ0n) is 16.5. The molecule has 0 saturated heterocycles. The number of halogens is 1. The van der Waals surface area contributed by atoms with Gasteiger partial charge in [0.05, 0.1) is 28.4 Å². The Balaban J connectivity index is 1.92. The quantitative estimate of drug-likeness (QED) is 0.366. The van der Waals surface area contributed by atoms with Crippen LogP contribution >= 0.6 is 11.6 Å². The molecule has 0 aliphatic heterocycles. The maximum Gasteiger partial charge on any atom is 0.326 e. The summed E-state index contributed by atoms with van der Waals surface area (Å²) in [7, 11) is 0. The minimum atomic E-state index is -1.64. The summed E-state index contributed by atoms with van der Waals surface area (Å²) in [4.78, 5) is 47.6. The Labute approximate surface area is 187 Å². The number of hydrogen-bond donors (Lipinski definition) is 5. The van der Waals surface area contributed by atoms with E-state index in [0.29, 0.717) is 16.1 Å². The van der Waals surface area contributed by atoms with Gasteiger partial charge in [-0.1, -0.05) is 48.0 Å². The summed E-state index contributed by atoms with van der Waals surface area (Å²) in [5.74, 6) is -3.72. The fourth-order valence-electron chi connectivity index (χ4n) is 2.98. The van der Waals surface area contributed by atoms with Crippen molar-refractivity contribution in [3.8, 4) is 0 Å². The summed E-state index contributed by atoms with van der Waals surface area (Å²) in [5, 5.41) is 27.2. The van der Waals surface area contributed by atoms with E-state index in [1.54, 1.807) is 54.6 Å². The molecule has 0 heterocycles. The van der Waals surface area contributed by atoms with E-state index in [9.17, 15) is 24.3 Å². The van der Waals surface area contributed by atoms with Crippen molar-refractivity contribution in [2.75, 3.05) is 10.6 Å². The third-order valence-electron chi connectivity index (χ3n) is 4.48. The van der Waals surface area contributed by atoms with Gasteiger partial charge < -0.3 is 26.2 Å². The number of carbonyl (C=O) groups is 4. The van der Waals surface area contributed by atoms with Crippen LogP contribution in [0.5, 0.6) is 0 Å². The highest BCUT2D eigenvalue weighted by atomic mass is 35.5. The van der Waals surface area contributed by atoms with Crippen LogP contribution in [0.3, 0.4) is 0 Å². The van der Waals surface area contributed by atoms with Crippen molar-refractivity contribution < 1.29 is 29.4 Å².